The molecule has 1 N–H and O–H groups in total. The van der Waals surface area contributed by atoms with Crippen molar-refractivity contribution in [1.82, 2.24) is 0 Å². The second-order valence-electron chi connectivity index (χ2n) is 5.22. The van der Waals surface area contributed by atoms with Crippen molar-refractivity contribution in [1.29, 1.82) is 5.26 Å². The molecule has 1 aliphatic rings. The number of hydrogen-bond donors (Lipinski definition) is 1. The molecule has 3 rings (SSSR count). The standard InChI is InChI=1S/C16H15FN2S/c1-10-13(17)7-11(9-18)8-14(10)19-16(12-4-5-12)15-3-2-6-20-15/h2-3,6-8,12,16,19H,4-5H2,1H3. The van der Waals surface area contributed by atoms with Crippen molar-refractivity contribution in [3.05, 3.63) is 51.5 Å². The van der Waals surface area contributed by atoms with Crippen LogP contribution in [0.15, 0.2) is 29.6 Å². The van der Waals surface area contributed by atoms with Gasteiger partial charge < -0.3 is 5.32 Å². The minimum atomic E-state index is -0.327. The fourth-order valence-electron chi connectivity index (χ4n) is 2.38. The van der Waals surface area contributed by atoms with Gasteiger partial charge in [-0.2, -0.15) is 5.26 Å². The van der Waals surface area contributed by atoms with Crippen molar-refractivity contribution in [3.63, 3.8) is 0 Å². The number of benzene rings is 1. The maximum atomic E-state index is 13.8. The highest BCUT2D eigenvalue weighted by Gasteiger charge is 2.33. The molecule has 1 atom stereocenters. The first-order chi connectivity index (χ1) is 9.69. The molecule has 4 heteroatoms. The van der Waals surface area contributed by atoms with E-state index in [1.54, 1.807) is 24.3 Å². The second-order valence-corrected chi connectivity index (χ2v) is 6.20. The zero-order chi connectivity index (χ0) is 14.1. The first-order valence-corrected chi connectivity index (χ1v) is 7.57. The van der Waals surface area contributed by atoms with Gasteiger partial charge in [0.1, 0.15) is 5.82 Å². The molecule has 2 aromatic rings. The SMILES string of the molecule is Cc1c(F)cc(C#N)cc1NC(c1cccs1)C1CC1. The molecule has 1 heterocycles. The molecule has 0 saturated heterocycles. The van der Waals surface area contributed by atoms with E-state index in [4.69, 9.17) is 5.26 Å². The van der Waals surface area contributed by atoms with Gasteiger partial charge >= 0.3 is 0 Å². The van der Waals surface area contributed by atoms with E-state index < -0.39 is 0 Å². The van der Waals surface area contributed by atoms with Crippen LogP contribution in [0.4, 0.5) is 10.1 Å². The summed E-state index contributed by atoms with van der Waals surface area (Å²) in [5, 5.41) is 14.5. The maximum absolute atomic E-state index is 13.8. The Morgan fingerprint density at radius 3 is 2.85 bits per heavy atom. The lowest BCUT2D eigenvalue weighted by Crippen LogP contribution is -2.13. The average Bonchev–Trinajstić information content (AvgIpc) is 3.14. The zero-order valence-electron chi connectivity index (χ0n) is 11.2. The fourth-order valence-corrected chi connectivity index (χ4v) is 3.25. The summed E-state index contributed by atoms with van der Waals surface area (Å²) in [4.78, 5) is 1.27. The first-order valence-electron chi connectivity index (χ1n) is 6.69. The molecule has 0 bridgehead atoms. The Labute approximate surface area is 121 Å². The molecule has 0 aliphatic heterocycles. The van der Waals surface area contributed by atoms with Crippen LogP contribution in [-0.2, 0) is 0 Å². The highest BCUT2D eigenvalue weighted by atomic mass is 32.1. The fraction of sp³-hybridized carbons (Fsp3) is 0.312. The smallest absolute Gasteiger partial charge is 0.129 e. The summed E-state index contributed by atoms with van der Waals surface area (Å²) in [6.45, 7) is 1.75. The Hall–Kier alpha value is -1.86. The van der Waals surface area contributed by atoms with Gasteiger partial charge in [-0.25, -0.2) is 4.39 Å². The van der Waals surface area contributed by atoms with Crippen molar-refractivity contribution in [3.8, 4) is 6.07 Å². The summed E-state index contributed by atoms with van der Waals surface area (Å²) in [7, 11) is 0. The van der Waals surface area contributed by atoms with Gasteiger partial charge in [-0.15, -0.1) is 11.3 Å². The van der Waals surface area contributed by atoms with Crippen molar-refractivity contribution >= 4 is 17.0 Å². The van der Waals surface area contributed by atoms with Crippen LogP contribution in [-0.4, -0.2) is 0 Å². The average molecular weight is 286 g/mol. The number of nitrogens with zero attached hydrogens (tertiary/aromatic N) is 1. The van der Waals surface area contributed by atoms with Gasteiger partial charge in [0.15, 0.2) is 0 Å². The van der Waals surface area contributed by atoms with E-state index >= 15 is 0 Å². The number of anilines is 1. The van der Waals surface area contributed by atoms with E-state index in [2.05, 4.69) is 16.8 Å². The van der Waals surface area contributed by atoms with E-state index in [0.717, 1.165) is 5.69 Å². The minimum absolute atomic E-state index is 0.224. The van der Waals surface area contributed by atoms with Gasteiger partial charge in [-0.05, 0) is 49.3 Å². The van der Waals surface area contributed by atoms with Gasteiger partial charge in [-0.1, -0.05) is 6.07 Å². The molecular weight excluding hydrogens is 271 g/mol. The molecule has 1 aromatic heterocycles. The Balaban J connectivity index is 1.93. The second kappa shape index (κ2) is 5.26. The molecule has 1 aliphatic carbocycles. The predicted octanol–water partition coefficient (Wildman–Crippen LogP) is 4.63. The Morgan fingerprint density at radius 2 is 2.25 bits per heavy atom. The molecule has 20 heavy (non-hydrogen) atoms. The monoisotopic (exact) mass is 286 g/mol. The number of nitriles is 1. The number of nitrogens with one attached hydrogen (secondary N) is 1. The topological polar surface area (TPSA) is 35.8 Å². The Morgan fingerprint density at radius 1 is 1.45 bits per heavy atom. The molecule has 0 spiro atoms. The number of halogens is 1. The van der Waals surface area contributed by atoms with E-state index in [1.165, 1.54) is 23.8 Å². The van der Waals surface area contributed by atoms with Crippen molar-refractivity contribution < 1.29 is 4.39 Å². The lowest BCUT2D eigenvalue weighted by atomic mass is 10.1. The van der Waals surface area contributed by atoms with E-state index in [0.29, 0.717) is 17.0 Å². The van der Waals surface area contributed by atoms with Crippen LogP contribution < -0.4 is 5.32 Å². The molecule has 102 valence electrons. The van der Waals surface area contributed by atoms with Gasteiger partial charge in [-0.3, -0.25) is 0 Å². The largest absolute Gasteiger partial charge is 0.377 e. The molecule has 1 saturated carbocycles. The Kier molecular flexibility index (Phi) is 3.45. The molecule has 0 radical (unpaired) electrons. The van der Waals surface area contributed by atoms with Crippen LogP contribution in [0.25, 0.3) is 0 Å². The number of rotatable bonds is 4. The van der Waals surface area contributed by atoms with Crippen LogP contribution in [0, 0.1) is 30.0 Å². The van der Waals surface area contributed by atoms with Crippen LogP contribution >= 0.6 is 11.3 Å². The lowest BCUT2D eigenvalue weighted by molar-refractivity contribution is 0.616. The van der Waals surface area contributed by atoms with Gasteiger partial charge in [0.25, 0.3) is 0 Å². The summed E-state index contributed by atoms with van der Waals surface area (Å²) < 4.78 is 13.8. The van der Waals surface area contributed by atoms with Crippen LogP contribution in [0.5, 0.6) is 0 Å². The molecule has 1 fully saturated rings. The third kappa shape index (κ3) is 2.54. The number of hydrogen-bond acceptors (Lipinski definition) is 3. The normalized spacial score (nSPS) is 15.7. The summed E-state index contributed by atoms with van der Waals surface area (Å²) >= 11 is 1.72. The summed E-state index contributed by atoms with van der Waals surface area (Å²) in [6.07, 6.45) is 2.41. The highest BCUT2D eigenvalue weighted by molar-refractivity contribution is 7.10. The molecule has 0 amide bonds. The summed E-state index contributed by atoms with van der Waals surface area (Å²) in [6, 6.07) is 9.41. The zero-order valence-corrected chi connectivity index (χ0v) is 12.0. The molecular formula is C16H15FN2S. The summed E-state index contributed by atoms with van der Waals surface area (Å²) in [5.74, 6) is 0.286. The van der Waals surface area contributed by atoms with Crippen LogP contribution in [0.3, 0.4) is 0 Å². The molecule has 1 unspecified atom stereocenters. The van der Waals surface area contributed by atoms with Crippen molar-refractivity contribution in [2.45, 2.75) is 25.8 Å². The van der Waals surface area contributed by atoms with Gasteiger partial charge in [0.05, 0.1) is 17.7 Å². The lowest BCUT2D eigenvalue weighted by Gasteiger charge is -2.20. The van der Waals surface area contributed by atoms with E-state index in [-0.39, 0.29) is 11.9 Å². The third-order valence-corrected chi connectivity index (χ3v) is 4.68. The minimum Gasteiger partial charge on any atom is -0.377 e. The van der Waals surface area contributed by atoms with Crippen molar-refractivity contribution in [2.75, 3.05) is 5.32 Å². The quantitative estimate of drug-likeness (QED) is 0.889. The summed E-state index contributed by atoms with van der Waals surface area (Å²) in [5.41, 5.74) is 1.66. The predicted molar refractivity (Wildman–Crippen MR) is 79.3 cm³/mol. The van der Waals surface area contributed by atoms with Crippen LogP contribution in [0.2, 0.25) is 0 Å². The first kappa shape index (κ1) is 13.1. The van der Waals surface area contributed by atoms with E-state index in [1.807, 2.05) is 12.1 Å². The maximum Gasteiger partial charge on any atom is 0.129 e. The Bertz CT molecular complexity index is 654. The molecule has 2 nitrogen and oxygen atoms in total. The number of thiophene rings is 1. The molecule has 1 aromatic carbocycles. The van der Waals surface area contributed by atoms with E-state index in [9.17, 15) is 4.39 Å². The third-order valence-electron chi connectivity index (χ3n) is 3.73. The van der Waals surface area contributed by atoms with Crippen molar-refractivity contribution in [2.24, 2.45) is 5.92 Å². The van der Waals surface area contributed by atoms with Gasteiger partial charge in [0, 0.05) is 16.1 Å². The van der Waals surface area contributed by atoms with Gasteiger partial charge in [0.2, 0.25) is 0 Å². The van der Waals surface area contributed by atoms with Crippen LogP contribution in [0.1, 0.15) is 34.9 Å². The highest BCUT2D eigenvalue weighted by Crippen LogP contribution is 2.44.